The first-order valence-corrected chi connectivity index (χ1v) is 6.54. The van der Waals surface area contributed by atoms with Gasteiger partial charge in [-0.3, -0.25) is 19.7 Å². The number of aromatic nitrogens is 2. The highest BCUT2D eigenvalue weighted by Gasteiger charge is 2.16. The smallest absolute Gasteiger partial charge is 0.314 e. The molecule has 1 aliphatic heterocycles. The van der Waals surface area contributed by atoms with E-state index in [0.717, 1.165) is 0 Å². The topological polar surface area (TPSA) is 150 Å². The fourth-order valence-electron chi connectivity index (χ4n) is 2.27. The Hall–Kier alpha value is -2.60. The van der Waals surface area contributed by atoms with Crippen molar-refractivity contribution < 1.29 is 4.92 Å². The summed E-state index contributed by atoms with van der Waals surface area (Å²) in [5.74, 6) is 0.402. The number of hydrogen-bond donors (Lipinski definition) is 4. The first kappa shape index (κ1) is 20.4. The maximum Gasteiger partial charge on any atom is 0.314 e. The molecule has 25 heavy (non-hydrogen) atoms. The van der Waals surface area contributed by atoms with E-state index in [-0.39, 0.29) is 51.7 Å². The molecule has 0 bridgehead atoms. The number of nitrogens with one attached hydrogen (secondary N) is 3. The van der Waals surface area contributed by atoms with Gasteiger partial charge in [0.1, 0.15) is 5.82 Å². The fourth-order valence-corrected chi connectivity index (χ4v) is 2.27. The summed E-state index contributed by atoms with van der Waals surface area (Å²) in [5, 5.41) is 13.9. The number of benzene rings is 1. The van der Waals surface area contributed by atoms with Crippen molar-refractivity contribution in [2.24, 2.45) is 5.73 Å². The normalized spacial score (nSPS) is 12.6. The van der Waals surface area contributed by atoms with Gasteiger partial charge in [0, 0.05) is 36.3 Å². The Balaban J connectivity index is 0.00000156. The molecule has 2 aromatic rings. The lowest BCUT2D eigenvalue weighted by atomic mass is 10.1. The molecule has 134 valence electrons. The van der Waals surface area contributed by atoms with Crippen LogP contribution in [0.3, 0.4) is 0 Å². The minimum Gasteiger partial charge on any atom is -0.384 e. The lowest BCUT2D eigenvalue weighted by Crippen LogP contribution is -2.30. The predicted octanol–water partition coefficient (Wildman–Crippen LogP) is 0.914. The zero-order chi connectivity index (χ0) is 16.6. The molecule has 0 amide bonds. The molecule has 0 radical (unpaired) electrons. The van der Waals surface area contributed by atoms with E-state index in [1.54, 1.807) is 23.5 Å². The maximum absolute atomic E-state index is 11.6. The molecule has 2 heterocycles. The molecular weight excluding hydrogens is 464 g/mol. The van der Waals surface area contributed by atoms with Crippen LogP contribution in [0.1, 0.15) is 5.56 Å². The highest BCUT2D eigenvalue weighted by molar-refractivity contribution is 8.93. The van der Waals surface area contributed by atoms with Gasteiger partial charge >= 0.3 is 11.1 Å². The molecule has 0 spiro atoms. The maximum atomic E-state index is 11.6. The summed E-state index contributed by atoms with van der Waals surface area (Å²) in [6.45, 7) is 0.181. The molecule has 5 N–H and O–H groups in total. The largest absolute Gasteiger partial charge is 0.384 e. The zero-order valence-electron chi connectivity index (χ0n) is 12.5. The van der Waals surface area contributed by atoms with Crippen LogP contribution in [0.5, 0.6) is 0 Å². The lowest BCUT2D eigenvalue weighted by Gasteiger charge is -2.23. The van der Waals surface area contributed by atoms with Gasteiger partial charge in [0.15, 0.2) is 0 Å². The first-order valence-electron chi connectivity index (χ1n) is 6.54. The molecule has 0 unspecified atom stereocenters. The van der Waals surface area contributed by atoms with Gasteiger partial charge in [-0.1, -0.05) is 0 Å². The second-order valence-electron chi connectivity index (χ2n) is 4.87. The van der Waals surface area contributed by atoms with Crippen molar-refractivity contribution in [2.45, 2.75) is 6.54 Å². The molecule has 1 aromatic heterocycles. The van der Waals surface area contributed by atoms with E-state index < -0.39 is 16.0 Å². The Morgan fingerprint density at radius 1 is 1.16 bits per heavy atom. The second-order valence-corrected chi connectivity index (χ2v) is 4.87. The van der Waals surface area contributed by atoms with Crippen molar-refractivity contribution in [1.82, 2.24) is 20.2 Å². The summed E-state index contributed by atoms with van der Waals surface area (Å²) in [6, 6.07) is 2.53. The monoisotopic (exact) mass is 476 g/mol. The quantitative estimate of drug-likeness (QED) is 0.291. The Labute approximate surface area is 161 Å². The number of halogens is 2. The van der Waals surface area contributed by atoms with E-state index in [1.165, 1.54) is 12.1 Å². The van der Waals surface area contributed by atoms with Crippen LogP contribution in [-0.2, 0) is 6.54 Å². The van der Waals surface area contributed by atoms with Gasteiger partial charge in [-0.2, -0.15) is 0 Å². The van der Waals surface area contributed by atoms with E-state index in [9.17, 15) is 19.7 Å². The molecule has 12 heteroatoms. The fraction of sp³-hybridized carbons (Fsp3) is 0.0769. The third-order valence-corrected chi connectivity index (χ3v) is 3.36. The third kappa shape index (κ3) is 4.09. The van der Waals surface area contributed by atoms with Crippen LogP contribution in [0.25, 0.3) is 11.0 Å². The van der Waals surface area contributed by atoms with Crippen LogP contribution in [0.15, 0.2) is 46.1 Å². The number of non-ortho nitro benzene ring substituents is 1. The summed E-state index contributed by atoms with van der Waals surface area (Å²) >= 11 is 0. The minimum atomic E-state index is -0.870. The highest BCUT2D eigenvalue weighted by Crippen LogP contribution is 2.23. The zero-order valence-corrected chi connectivity index (χ0v) is 15.9. The summed E-state index contributed by atoms with van der Waals surface area (Å²) in [6.07, 6.45) is 4.86. The number of nitro groups is 1. The van der Waals surface area contributed by atoms with Crippen molar-refractivity contribution in [2.75, 3.05) is 0 Å². The number of nitrogens with two attached hydrogens (primary N) is 1. The van der Waals surface area contributed by atoms with Gasteiger partial charge in [-0.15, -0.1) is 34.0 Å². The molecular formula is C13H14Br2N6O4. The van der Waals surface area contributed by atoms with Crippen LogP contribution in [0.4, 0.5) is 5.69 Å². The standard InChI is InChI=1S/C13H12N6O4.2BrH/c14-10-5-15-1-2-18(10)6-7-3-8(19(22)23)4-9-11(7)17-13(21)12(20)16-9;;/h1-5,15H,6,14H2,(H,16,20)(H,17,21);2*1H. The highest BCUT2D eigenvalue weighted by atomic mass is 79.9. The Bertz CT molecular complexity index is 981. The Kier molecular flexibility index (Phi) is 6.53. The van der Waals surface area contributed by atoms with Crippen molar-refractivity contribution in [3.8, 4) is 0 Å². The number of aromatic amines is 2. The van der Waals surface area contributed by atoms with Crippen molar-refractivity contribution in [1.29, 1.82) is 0 Å². The second kappa shape index (κ2) is 7.98. The molecule has 3 rings (SSSR count). The van der Waals surface area contributed by atoms with Gasteiger partial charge < -0.3 is 25.9 Å². The molecule has 0 saturated carbocycles. The van der Waals surface area contributed by atoms with Gasteiger partial charge in [0.2, 0.25) is 0 Å². The minimum absolute atomic E-state index is 0. The van der Waals surface area contributed by atoms with E-state index >= 15 is 0 Å². The SMILES string of the molecule is Br.Br.NC1=CNC=CN1Cc1cc([N+](=O)[O-])cc2[nH]c(=O)c(=O)[nH]c12. The molecule has 0 fully saturated rings. The Morgan fingerprint density at radius 3 is 2.48 bits per heavy atom. The molecule has 10 nitrogen and oxygen atoms in total. The molecule has 0 aliphatic carbocycles. The third-order valence-electron chi connectivity index (χ3n) is 3.36. The van der Waals surface area contributed by atoms with Gasteiger partial charge in [0.05, 0.1) is 22.5 Å². The summed E-state index contributed by atoms with van der Waals surface area (Å²) in [4.78, 5) is 39.9. The van der Waals surface area contributed by atoms with E-state index in [0.29, 0.717) is 16.9 Å². The van der Waals surface area contributed by atoms with Gasteiger partial charge in [-0.05, 0) is 0 Å². The summed E-state index contributed by atoms with van der Waals surface area (Å²) in [5.41, 5.74) is 4.89. The summed E-state index contributed by atoms with van der Waals surface area (Å²) < 4.78 is 0. The van der Waals surface area contributed by atoms with Crippen LogP contribution < -0.4 is 22.2 Å². The number of fused-ring (bicyclic) bond motifs is 1. The predicted molar refractivity (Wildman–Crippen MR) is 103 cm³/mol. The average Bonchev–Trinajstić information content (AvgIpc) is 2.51. The number of nitro benzene ring substituents is 1. The van der Waals surface area contributed by atoms with Crippen LogP contribution in [-0.4, -0.2) is 19.8 Å². The average molecular weight is 478 g/mol. The van der Waals surface area contributed by atoms with Crippen molar-refractivity contribution in [3.05, 3.63) is 72.9 Å². The van der Waals surface area contributed by atoms with E-state index in [1.807, 2.05) is 0 Å². The summed E-state index contributed by atoms with van der Waals surface area (Å²) in [7, 11) is 0. The van der Waals surface area contributed by atoms with Gasteiger partial charge in [0.25, 0.3) is 5.69 Å². The van der Waals surface area contributed by atoms with Crippen molar-refractivity contribution >= 4 is 50.7 Å². The lowest BCUT2D eigenvalue weighted by molar-refractivity contribution is -0.384. The van der Waals surface area contributed by atoms with Crippen LogP contribution >= 0.6 is 34.0 Å². The van der Waals surface area contributed by atoms with Crippen molar-refractivity contribution in [3.63, 3.8) is 0 Å². The van der Waals surface area contributed by atoms with Gasteiger partial charge in [-0.25, -0.2) is 0 Å². The molecule has 1 aliphatic rings. The molecule has 0 saturated heterocycles. The molecule has 0 atom stereocenters. The Morgan fingerprint density at radius 2 is 1.84 bits per heavy atom. The van der Waals surface area contributed by atoms with E-state index in [4.69, 9.17) is 5.73 Å². The van der Waals surface area contributed by atoms with E-state index in [2.05, 4.69) is 15.3 Å². The number of nitrogens with zero attached hydrogens (tertiary/aromatic N) is 2. The first-order chi connectivity index (χ1) is 11.0. The van der Waals surface area contributed by atoms with Crippen LogP contribution in [0, 0.1) is 10.1 Å². The number of rotatable bonds is 3. The van der Waals surface area contributed by atoms with Crippen LogP contribution in [0.2, 0.25) is 0 Å². The molecule has 1 aromatic carbocycles. The number of H-pyrrole nitrogens is 2. The number of hydrogen-bond acceptors (Lipinski definition) is 7.